The van der Waals surface area contributed by atoms with Crippen LogP contribution in [0.15, 0.2) is 87.6 Å². The lowest BCUT2D eigenvalue weighted by Crippen LogP contribution is -2.17. The standard InChI is InChI=1S/C23H15BrN4O3S/c24-15-8-9-21-25-16(11-22(29)27(21)13-15)14-31-23(30)19-12-18(20-7-4-10-32-20)26-28(19)17-5-2-1-3-6-17/h1-13H,14H2. The number of benzene rings is 1. The van der Waals surface area contributed by atoms with Gasteiger partial charge in [0.2, 0.25) is 0 Å². The molecule has 7 nitrogen and oxygen atoms in total. The fourth-order valence-corrected chi connectivity index (χ4v) is 4.27. The van der Waals surface area contributed by atoms with Crippen LogP contribution in [0.4, 0.5) is 0 Å². The monoisotopic (exact) mass is 506 g/mol. The summed E-state index contributed by atoms with van der Waals surface area (Å²) in [6.45, 7) is -0.130. The first kappa shape index (κ1) is 20.3. The number of ether oxygens (including phenoxy) is 1. The van der Waals surface area contributed by atoms with Crippen LogP contribution in [0.25, 0.3) is 21.9 Å². The molecule has 9 heteroatoms. The van der Waals surface area contributed by atoms with Gasteiger partial charge in [0, 0.05) is 22.8 Å². The summed E-state index contributed by atoms with van der Waals surface area (Å²) in [4.78, 5) is 30.7. The molecule has 4 aromatic heterocycles. The molecule has 4 heterocycles. The molecular weight excluding hydrogens is 492 g/mol. The zero-order valence-electron chi connectivity index (χ0n) is 16.5. The Kier molecular flexibility index (Phi) is 5.42. The summed E-state index contributed by atoms with van der Waals surface area (Å²) in [5, 5.41) is 6.57. The highest BCUT2D eigenvalue weighted by Gasteiger charge is 2.20. The number of fused-ring (bicyclic) bond motifs is 1. The molecule has 0 fully saturated rings. The summed E-state index contributed by atoms with van der Waals surface area (Å²) >= 11 is 4.88. The van der Waals surface area contributed by atoms with E-state index in [9.17, 15) is 9.59 Å². The van der Waals surface area contributed by atoms with Gasteiger partial charge in [-0.2, -0.15) is 5.10 Å². The topological polar surface area (TPSA) is 78.5 Å². The van der Waals surface area contributed by atoms with Crippen molar-refractivity contribution in [3.8, 4) is 16.3 Å². The second kappa shape index (κ2) is 8.52. The number of hydrogen-bond donors (Lipinski definition) is 0. The Balaban J connectivity index is 1.45. The number of thiophene rings is 1. The number of halogens is 1. The highest BCUT2D eigenvalue weighted by atomic mass is 79.9. The molecule has 0 aliphatic rings. The van der Waals surface area contributed by atoms with Crippen LogP contribution in [0.1, 0.15) is 16.2 Å². The van der Waals surface area contributed by atoms with E-state index in [1.165, 1.54) is 10.5 Å². The van der Waals surface area contributed by atoms with Crippen LogP contribution in [0.3, 0.4) is 0 Å². The zero-order chi connectivity index (χ0) is 22.1. The van der Waals surface area contributed by atoms with Crippen LogP contribution in [0.5, 0.6) is 0 Å². The number of rotatable bonds is 5. The molecule has 0 bridgehead atoms. The van der Waals surface area contributed by atoms with Crippen molar-refractivity contribution < 1.29 is 9.53 Å². The molecule has 0 radical (unpaired) electrons. The van der Waals surface area contributed by atoms with Crippen molar-refractivity contribution in [1.82, 2.24) is 19.2 Å². The molecule has 0 aliphatic carbocycles. The van der Waals surface area contributed by atoms with Crippen LogP contribution in [-0.4, -0.2) is 25.1 Å². The van der Waals surface area contributed by atoms with E-state index < -0.39 is 5.97 Å². The lowest BCUT2D eigenvalue weighted by molar-refractivity contribution is 0.0457. The van der Waals surface area contributed by atoms with Gasteiger partial charge in [-0.05, 0) is 51.6 Å². The number of nitrogens with zero attached hydrogens (tertiary/aromatic N) is 4. The summed E-state index contributed by atoms with van der Waals surface area (Å²) in [5.41, 5.74) is 2.31. The summed E-state index contributed by atoms with van der Waals surface area (Å²) in [7, 11) is 0. The van der Waals surface area contributed by atoms with Gasteiger partial charge in [0.15, 0.2) is 5.69 Å². The lowest BCUT2D eigenvalue weighted by atomic mass is 10.3. The van der Waals surface area contributed by atoms with Crippen molar-refractivity contribution in [1.29, 1.82) is 0 Å². The van der Waals surface area contributed by atoms with Crippen molar-refractivity contribution in [2.24, 2.45) is 0 Å². The van der Waals surface area contributed by atoms with E-state index in [1.54, 1.807) is 40.4 Å². The largest absolute Gasteiger partial charge is 0.454 e. The van der Waals surface area contributed by atoms with Gasteiger partial charge in [-0.25, -0.2) is 14.5 Å². The minimum atomic E-state index is -0.554. The van der Waals surface area contributed by atoms with E-state index in [-0.39, 0.29) is 12.2 Å². The average molecular weight is 507 g/mol. The predicted molar refractivity (Wildman–Crippen MR) is 125 cm³/mol. The molecular formula is C23H15BrN4O3S. The van der Waals surface area contributed by atoms with Gasteiger partial charge in [0.05, 0.1) is 16.3 Å². The first-order valence-electron chi connectivity index (χ1n) is 9.63. The molecule has 0 saturated carbocycles. The van der Waals surface area contributed by atoms with E-state index in [0.29, 0.717) is 22.7 Å². The quantitative estimate of drug-likeness (QED) is 0.322. The molecule has 0 atom stereocenters. The van der Waals surface area contributed by atoms with Crippen LogP contribution in [0.2, 0.25) is 0 Å². The third-order valence-corrected chi connectivity index (χ3v) is 6.08. The van der Waals surface area contributed by atoms with Crippen molar-refractivity contribution in [3.05, 3.63) is 105 Å². The molecule has 0 aliphatic heterocycles. The third-order valence-electron chi connectivity index (χ3n) is 4.72. The molecule has 0 spiro atoms. The Bertz CT molecular complexity index is 1480. The predicted octanol–water partition coefficient (Wildman–Crippen LogP) is 4.73. The molecule has 0 saturated heterocycles. The second-order valence-electron chi connectivity index (χ2n) is 6.88. The number of pyridine rings is 1. The van der Waals surface area contributed by atoms with Crippen molar-refractivity contribution in [3.63, 3.8) is 0 Å². The lowest BCUT2D eigenvalue weighted by Gasteiger charge is -2.08. The Morgan fingerprint density at radius 2 is 1.91 bits per heavy atom. The normalized spacial score (nSPS) is 11.0. The summed E-state index contributed by atoms with van der Waals surface area (Å²) in [6, 6.07) is 19.8. The number of aromatic nitrogens is 4. The van der Waals surface area contributed by atoms with Crippen LogP contribution in [0, 0.1) is 0 Å². The van der Waals surface area contributed by atoms with Gasteiger partial charge in [0.25, 0.3) is 5.56 Å². The highest BCUT2D eigenvalue weighted by Crippen LogP contribution is 2.26. The Morgan fingerprint density at radius 3 is 2.69 bits per heavy atom. The molecule has 5 rings (SSSR count). The van der Waals surface area contributed by atoms with E-state index in [4.69, 9.17) is 4.74 Å². The first-order valence-corrected chi connectivity index (χ1v) is 11.3. The van der Waals surface area contributed by atoms with E-state index >= 15 is 0 Å². The summed E-state index contributed by atoms with van der Waals surface area (Å²) < 4.78 is 9.28. The van der Waals surface area contributed by atoms with Gasteiger partial charge in [-0.1, -0.05) is 24.3 Å². The molecule has 0 unspecified atom stereocenters. The second-order valence-corrected chi connectivity index (χ2v) is 8.74. The molecule has 1 aromatic carbocycles. The van der Waals surface area contributed by atoms with Crippen molar-refractivity contribution >= 4 is 38.9 Å². The number of para-hydroxylation sites is 1. The zero-order valence-corrected chi connectivity index (χ0v) is 18.9. The van der Waals surface area contributed by atoms with Crippen LogP contribution in [-0.2, 0) is 11.3 Å². The molecule has 32 heavy (non-hydrogen) atoms. The van der Waals surface area contributed by atoms with E-state index in [1.807, 2.05) is 47.8 Å². The fourth-order valence-electron chi connectivity index (χ4n) is 3.25. The van der Waals surface area contributed by atoms with Crippen molar-refractivity contribution in [2.45, 2.75) is 6.61 Å². The summed E-state index contributed by atoms with van der Waals surface area (Å²) in [6.07, 6.45) is 1.64. The van der Waals surface area contributed by atoms with Crippen molar-refractivity contribution in [2.75, 3.05) is 0 Å². The molecule has 0 amide bonds. The smallest absolute Gasteiger partial charge is 0.357 e. The van der Waals surface area contributed by atoms with Gasteiger partial charge in [-0.3, -0.25) is 9.20 Å². The number of esters is 1. The fraction of sp³-hybridized carbons (Fsp3) is 0.0435. The molecule has 5 aromatic rings. The van der Waals surface area contributed by atoms with Gasteiger partial charge in [-0.15, -0.1) is 11.3 Å². The number of hydrogen-bond acceptors (Lipinski definition) is 6. The number of carbonyl (C=O) groups excluding carboxylic acids is 1. The minimum Gasteiger partial charge on any atom is -0.454 e. The van der Waals surface area contributed by atoms with Crippen LogP contribution >= 0.6 is 27.3 Å². The van der Waals surface area contributed by atoms with Gasteiger partial charge >= 0.3 is 5.97 Å². The van der Waals surface area contributed by atoms with Crippen LogP contribution < -0.4 is 5.56 Å². The average Bonchev–Trinajstić information content (AvgIpc) is 3.49. The van der Waals surface area contributed by atoms with E-state index in [2.05, 4.69) is 26.0 Å². The van der Waals surface area contributed by atoms with Gasteiger partial charge < -0.3 is 4.74 Å². The SMILES string of the molecule is O=C(OCc1cc(=O)n2cc(Br)ccc2n1)c1cc(-c2cccs2)nn1-c1ccccc1. The number of carbonyl (C=O) groups is 1. The maximum Gasteiger partial charge on any atom is 0.357 e. The van der Waals surface area contributed by atoms with E-state index in [0.717, 1.165) is 15.0 Å². The maximum atomic E-state index is 13.0. The first-order chi connectivity index (χ1) is 15.6. The Labute approximate surface area is 194 Å². The molecule has 0 N–H and O–H groups in total. The Morgan fingerprint density at radius 1 is 1.06 bits per heavy atom. The Hall–Kier alpha value is -3.56. The summed E-state index contributed by atoms with van der Waals surface area (Å²) in [5.74, 6) is -0.554. The maximum absolute atomic E-state index is 13.0. The third kappa shape index (κ3) is 4.00. The molecule has 158 valence electrons. The highest BCUT2D eigenvalue weighted by molar-refractivity contribution is 9.10. The van der Waals surface area contributed by atoms with Gasteiger partial charge in [0.1, 0.15) is 17.9 Å². The minimum absolute atomic E-state index is 0.130.